The maximum atomic E-state index is 11.9. The van der Waals surface area contributed by atoms with Crippen LogP contribution in [-0.4, -0.2) is 36.9 Å². The highest BCUT2D eigenvalue weighted by Crippen LogP contribution is 2.23. The molecule has 0 unspecified atom stereocenters. The summed E-state index contributed by atoms with van der Waals surface area (Å²) in [5.74, 6) is -0.0670. The van der Waals surface area contributed by atoms with E-state index in [1.807, 2.05) is 35.7 Å². The van der Waals surface area contributed by atoms with Crippen LogP contribution in [0.5, 0.6) is 0 Å². The van der Waals surface area contributed by atoms with Crippen molar-refractivity contribution in [3.63, 3.8) is 0 Å². The largest absolute Gasteiger partial charge is 0.351 e. The van der Waals surface area contributed by atoms with Crippen molar-refractivity contribution in [3.05, 3.63) is 41.4 Å². The van der Waals surface area contributed by atoms with Crippen LogP contribution in [-0.2, 0) is 20.7 Å². The highest BCUT2D eigenvalue weighted by Gasteiger charge is 2.15. The lowest BCUT2D eigenvalue weighted by Crippen LogP contribution is -2.38. The molecule has 5 nitrogen and oxygen atoms in total. The number of nitrogens with zero attached hydrogens (tertiary/aromatic N) is 1. The van der Waals surface area contributed by atoms with Gasteiger partial charge in [0.05, 0.1) is 31.9 Å². The first-order chi connectivity index (χ1) is 10.8. The van der Waals surface area contributed by atoms with Gasteiger partial charge in [-0.25, -0.2) is 4.98 Å². The predicted molar refractivity (Wildman–Crippen MR) is 84.6 cm³/mol. The lowest BCUT2D eigenvalue weighted by molar-refractivity contribution is -0.176. The summed E-state index contributed by atoms with van der Waals surface area (Å²) in [7, 11) is 0. The van der Waals surface area contributed by atoms with E-state index in [0.717, 1.165) is 22.7 Å². The van der Waals surface area contributed by atoms with Crippen LogP contribution >= 0.6 is 11.3 Å². The smallest absolute Gasteiger partial charge is 0.226 e. The number of hydrogen-bond acceptors (Lipinski definition) is 5. The lowest BCUT2D eigenvalue weighted by Gasteiger charge is -2.23. The molecule has 0 radical (unpaired) electrons. The van der Waals surface area contributed by atoms with E-state index in [9.17, 15) is 4.79 Å². The van der Waals surface area contributed by atoms with E-state index in [2.05, 4.69) is 10.3 Å². The van der Waals surface area contributed by atoms with E-state index in [0.29, 0.717) is 19.8 Å². The number of thiazole rings is 1. The molecule has 1 aromatic carbocycles. The average molecular weight is 318 g/mol. The van der Waals surface area contributed by atoms with Gasteiger partial charge in [-0.3, -0.25) is 4.79 Å². The Morgan fingerprint density at radius 2 is 2.05 bits per heavy atom. The topological polar surface area (TPSA) is 60.5 Å². The molecule has 1 fully saturated rings. The van der Waals surface area contributed by atoms with E-state index >= 15 is 0 Å². The van der Waals surface area contributed by atoms with Crippen molar-refractivity contribution in [2.24, 2.45) is 0 Å². The van der Waals surface area contributed by atoms with Gasteiger partial charge in [-0.15, -0.1) is 11.3 Å². The van der Waals surface area contributed by atoms with Crippen LogP contribution in [0.25, 0.3) is 10.6 Å². The third kappa shape index (κ3) is 4.13. The molecule has 2 aromatic rings. The highest BCUT2D eigenvalue weighted by molar-refractivity contribution is 7.13. The van der Waals surface area contributed by atoms with Crippen molar-refractivity contribution < 1.29 is 14.3 Å². The number of carbonyl (C=O) groups excluding carboxylic acids is 1. The van der Waals surface area contributed by atoms with Crippen LogP contribution in [0.1, 0.15) is 12.1 Å². The Morgan fingerprint density at radius 1 is 1.27 bits per heavy atom. The van der Waals surface area contributed by atoms with Crippen LogP contribution in [0.4, 0.5) is 0 Å². The van der Waals surface area contributed by atoms with Crippen LogP contribution in [0.15, 0.2) is 35.7 Å². The van der Waals surface area contributed by atoms with Gasteiger partial charge in [-0.2, -0.15) is 0 Å². The van der Waals surface area contributed by atoms with Gasteiger partial charge in [0, 0.05) is 10.9 Å². The minimum atomic E-state index is -0.326. The Bertz CT molecular complexity index is 609. The predicted octanol–water partition coefficient (Wildman–Crippen LogP) is 2.23. The van der Waals surface area contributed by atoms with Gasteiger partial charge in [-0.05, 0) is 6.42 Å². The SMILES string of the molecule is O=C(Cc1csc(-c2ccccc2)n1)NCC1OCCCO1. The Balaban J connectivity index is 1.50. The number of rotatable bonds is 5. The van der Waals surface area contributed by atoms with Gasteiger partial charge in [0.1, 0.15) is 5.01 Å². The van der Waals surface area contributed by atoms with Gasteiger partial charge in [0.15, 0.2) is 6.29 Å². The average Bonchev–Trinajstić information content (AvgIpc) is 3.03. The van der Waals surface area contributed by atoms with Gasteiger partial charge in [-0.1, -0.05) is 30.3 Å². The maximum absolute atomic E-state index is 11.9. The van der Waals surface area contributed by atoms with Crippen LogP contribution in [0.2, 0.25) is 0 Å². The van der Waals surface area contributed by atoms with Crippen LogP contribution in [0, 0.1) is 0 Å². The first kappa shape index (κ1) is 15.1. The molecule has 0 bridgehead atoms. The summed E-state index contributed by atoms with van der Waals surface area (Å²) in [6.45, 7) is 1.76. The maximum Gasteiger partial charge on any atom is 0.226 e. The molecule has 2 heterocycles. The molecule has 1 N–H and O–H groups in total. The zero-order valence-corrected chi connectivity index (χ0v) is 13.0. The fraction of sp³-hybridized carbons (Fsp3) is 0.375. The van der Waals surface area contributed by atoms with Gasteiger partial charge < -0.3 is 14.8 Å². The number of nitrogens with one attached hydrogen (secondary N) is 1. The van der Waals surface area contributed by atoms with Crippen molar-refractivity contribution in [1.82, 2.24) is 10.3 Å². The van der Waals surface area contributed by atoms with Crippen molar-refractivity contribution in [2.75, 3.05) is 19.8 Å². The molecule has 22 heavy (non-hydrogen) atoms. The zero-order valence-electron chi connectivity index (χ0n) is 12.2. The molecular formula is C16H18N2O3S. The normalized spacial score (nSPS) is 15.6. The summed E-state index contributed by atoms with van der Waals surface area (Å²) in [5, 5.41) is 5.68. The molecule has 1 saturated heterocycles. The van der Waals surface area contributed by atoms with E-state index < -0.39 is 0 Å². The van der Waals surface area contributed by atoms with Crippen molar-refractivity contribution in [1.29, 1.82) is 0 Å². The Morgan fingerprint density at radius 3 is 2.82 bits per heavy atom. The summed E-state index contributed by atoms with van der Waals surface area (Å²) in [5.41, 5.74) is 1.86. The summed E-state index contributed by atoms with van der Waals surface area (Å²) in [4.78, 5) is 16.5. The Labute approximate surface area is 133 Å². The molecule has 3 rings (SSSR count). The summed E-state index contributed by atoms with van der Waals surface area (Å²) in [6, 6.07) is 9.96. The van der Waals surface area contributed by atoms with E-state index in [1.165, 1.54) is 0 Å². The molecule has 1 aliphatic heterocycles. The second-order valence-corrected chi connectivity index (χ2v) is 5.87. The molecule has 6 heteroatoms. The van der Waals surface area contributed by atoms with Gasteiger partial charge in [0.25, 0.3) is 0 Å². The first-order valence-electron chi connectivity index (χ1n) is 7.31. The molecule has 1 aliphatic rings. The van der Waals surface area contributed by atoms with Crippen molar-refractivity contribution in [2.45, 2.75) is 19.1 Å². The second kappa shape index (κ2) is 7.49. The molecule has 0 spiro atoms. The summed E-state index contributed by atoms with van der Waals surface area (Å²) < 4.78 is 10.8. The summed E-state index contributed by atoms with van der Waals surface area (Å²) >= 11 is 1.55. The molecule has 116 valence electrons. The molecular weight excluding hydrogens is 300 g/mol. The minimum Gasteiger partial charge on any atom is -0.351 e. The number of aromatic nitrogens is 1. The summed E-state index contributed by atoms with van der Waals surface area (Å²) in [6.07, 6.45) is 0.856. The fourth-order valence-electron chi connectivity index (χ4n) is 2.18. The standard InChI is InChI=1S/C16H18N2O3S/c19-14(17-10-15-20-7-4-8-21-15)9-13-11-22-16(18-13)12-5-2-1-3-6-12/h1-3,5-6,11,15H,4,7-10H2,(H,17,19). The minimum absolute atomic E-state index is 0.0670. The van der Waals surface area contributed by atoms with Crippen LogP contribution in [0.3, 0.4) is 0 Å². The lowest BCUT2D eigenvalue weighted by atomic mass is 10.2. The molecule has 0 saturated carbocycles. The number of benzene rings is 1. The zero-order chi connectivity index (χ0) is 15.2. The molecule has 1 amide bonds. The molecule has 0 atom stereocenters. The monoisotopic (exact) mass is 318 g/mol. The Hall–Kier alpha value is -1.76. The molecule has 1 aromatic heterocycles. The number of ether oxygens (including phenoxy) is 2. The van der Waals surface area contributed by atoms with Gasteiger partial charge >= 0.3 is 0 Å². The first-order valence-corrected chi connectivity index (χ1v) is 8.19. The van der Waals surface area contributed by atoms with E-state index in [1.54, 1.807) is 11.3 Å². The Kier molecular flexibility index (Phi) is 5.15. The van der Waals surface area contributed by atoms with Crippen molar-refractivity contribution >= 4 is 17.2 Å². The van der Waals surface area contributed by atoms with Gasteiger partial charge in [0.2, 0.25) is 5.91 Å². The number of hydrogen-bond donors (Lipinski definition) is 1. The van der Waals surface area contributed by atoms with Crippen molar-refractivity contribution in [3.8, 4) is 10.6 Å². The third-order valence-corrected chi connectivity index (χ3v) is 4.22. The van der Waals surface area contributed by atoms with Crippen LogP contribution < -0.4 is 5.32 Å². The number of carbonyl (C=O) groups is 1. The third-order valence-electron chi connectivity index (χ3n) is 3.28. The second-order valence-electron chi connectivity index (χ2n) is 5.02. The highest BCUT2D eigenvalue weighted by atomic mass is 32.1. The van der Waals surface area contributed by atoms with E-state index in [-0.39, 0.29) is 18.6 Å². The molecule has 0 aliphatic carbocycles. The van der Waals surface area contributed by atoms with E-state index in [4.69, 9.17) is 9.47 Å². The fourth-order valence-corrected chi connectivity index (χ4v) is 3.01. The number of amides is 1. The quantitative estimate of drug-likeness (QED) is 0.918.